The molecule has 0 saturated heterocycles. The molecule has 0 spiro atoms. The quantitative estimate of drug-likeness (QED) is 0.536. The zero-order valence-electron chi connectivity index (χ0n) is 4.34. The van der Waals surface area contributed by atoms with Gasteiger partial charge >= 0.3 is 39.3 Å². The van der Waals surface area contributed by atoms with Crippen molar-refractivity contribution in [2.45, 2.75) is 0 Å². The molecule has 0 aliphatic heterocycles. The van der Waals surface area contributed by atoms with Gasteiger partial charge in [0.1, 0.15) is 0 Å². The summed E-state index contributed by atoms with van der Waals surface area (Å²) in [5.74, 6) is -3.65. The van der Waals surface area contributed by atoms with Crippen molar-refractivity contribution in [1.29, 1.82) is 0 Å². The number of hydrogen-bond donors (Lipinski definition) is 2. The molecule has 0 aromatic heterocycles. The molecule has 0 saturated carbocycles. The number of carboxylic acids is 2. The molecule has 0 atom stereocenters. The Morgan fingerprint density at radius 3 is 1.00 bits per heavy atom. The van der Waals surface area contributed by atoms with E-state index >= 15 is 0 Å². The number of rotatable bonds is 0. The van der Waals surface area contributed by atoms with Crippen LogP contribution < -0.4 is 0 Å². The summed E-state index contributed by atoms with van der Waals surface area (Å²) in [6.07, 6.45) is 0. The Morgan fingerprint density at radius 1 is 0.900 bits per heavy atom. The molecule has 10 heavy (non-hydrogen) atoms. The predicted molar refractivity (Wildman–Crippen MR) is 17.3 cm³/mol. The van der Waals surface area contributed by atoms with Crippen molar-refractivity contribution in [3.05, 3.63) is 0 Å². The fourth-order valence-electron chi connectivity index (χ4n) is 0. The fourth-order valence-corrected chi connectivity index (χ4v) is 0. The monoisotopic (exact) mass is 322 g/mol. The van der Waals surface area contributed by atoms with Gasteiger partial charge in [0.25, 0.3) is 0 Å². The average Bonchev–Trinajstić information content (AvgIpc) is 1.63. The zero-order valence-corrected chi connectivity index (χ0v) is 7.28. The van der Waals surface area contributed by atoms with Crippen LogP contribution in [0.4, 0.5) is 0 Å². The average molecular weight is 322 g/mol. The van der Waals surface area contributed by atoms with Gasteiger partial charge in [-0.2, -0.15) is 0 Å². The summed E-state index contributed by atoms with van der Waals surface area (Å²) in [6, 6.07) is 0. The molecule has 0 unspecified atom stereocenters. The van der Waals surface area contributed by atoms with Crippen molar-refractivity contribution >= 4 is 11.9 Å². The van der Waals surface area contributed by atoms with Gasteiger partial charge in [0.2, 0.25) is 0 Å². The minimum absolute atomic E-state index is 1.82. The number of hydrogen-bond acceptors (Lipinski definition) is 5. The SMILES string of the molecule is O=C(O)C(=O)O.[O]=[W](=[O])=[O]. The Labute approximate surface area is 59.7 Å². The molecule has 0 rings (SSSR count). The second-order valence-corrected chi connectivity index (χ2v) is 2.28. The first-order valence-corrected chi connectivity index (χ1v) is 5.20. The van der Waals surface area contributed by atoms with E-state index in [2.05, 4.69) is 0 Å². The molecule has 0 fully saturated rings. The Hall–Kier alpha value is -0.972. The van der Waals surface area contributed by atoms with E-state index in [-0.39, 0.29) is 0 Å². The standard InChI is InChI=1S/C2H2O4.3O.W/c3-1(4)2(5)6;;;;/h(H,3,4)(H,5,6);;;;. The van der Waals surface area contributed by atoms with Crippen LogP contribution >= 0.6 is 0 Å². The van der Waals surface area contributed by atoms with Crippen LogP contribution in [0.3, 0.4) is 0 Å². The van der Waals surface area contributed by atoms with E-state index in [0.717, 1.165) is 0 Å². The van der Waals surface area contributed by atoms with Gasteiger partial charge in [-0.15, -0.1) is 0 Å². The molecule has 0 aromatic rings. The van der Waals surface area contributed by atoms with E-state index in [1.54, 1.807) is 0 Å². The van der Waals surface area contributed by atoms with Crippen LogP contribution in [0.5, 0.6) is 0 Å². The number of carbonyl (C=O) groups is 2. The van der Waals surface area contributed by atoms with E-state index in [1.807, 2.05) is 0 Å². The molecule has 0 aliphatic carbocycles. The topological polar surface area (TPSA) is 126 Å². The first-order chi connectivity index (χ1) is 4.37. The molecule has 0 radical (unpaired) electrons. The van der Waals surface area contributed by atoms with Gasteiger partial charge in [-0.25, -0.2) is 9.59 Å². The third-order valence-electron chi connectivity index (χ3n) is 0.183. The van der Waals surface area contributed by atoms with Crippen LogP contribution in [0.25, 0.3) is 0 Å². The van der Waals surface area contributed by atoms with Crippen molar-refractivity contribution in [3.63, 3.8) is 0 Å². The number of carboxylic acid groups (broad SMARTS) is 2. The zero-order chi connectivity index (χ0) is 8.73. The Morgan fingerprint density at radius 2 is 1.00 bits per heavy atom. The summed E-state index contributed by atoms with van der Waals surface area (Å²) < 4.78 is 25.8. The molecule has 0 aliphatic rings. The molecule has 0 bridgehead atoms. The maximum absolute atomic E-state index is 9.10. The first kappa shape index (κ1) is 11.8. The van der Waals surface area contributed by atoms with Crippen LogP contribution in [-0.4, -0.2) is 22.2 Å². The van der Waals surface area contributed by atoms with Crippen LogP contribution in [-0.2, 0) is 37.0 Å². The first-order valence-electron chi connectivity index (χ1n) is 1.61. The van der Waals surface area contributed by atoms with E-state index in [9.17, 15) is 0 Å². The Bertz CT molecular complexity index is 201. The Kier molecular flexibility index (Phi) is 7.25. The molecular formula is C2H2O7W. The van der Waals surface area contributed by atoms with Crippen molar-refractivity contribution in [2.75, 3.05) is 0 Å². The van der Waals surface area contributed by atoms with E-state index in [4.69, 9.17) is 30.0 Å². The summed E-state index contributed by atoms with van der Waals surface area (Å²) in [4.78, 5) is 18.2. The normalized spacial score (nSPS) is 6.80. The predicted octanol–water partition coefficient (Wildman–Crippen LogP) is -1.20. The molecule has 0 heterocycles. The van der Waals surface area contributed by atoms with Gasteiger partial charge in [-0.05, 0) is 0 Å². The second-order valence-electron chi connectivity index (χ2n) is 0.814. The molecule has 0 aromatic carbocycles. The van der Waals surface area contributed by atoms with Gasteiger partial charge in [-0.3, -0.25) is 0 Å². The van der Waals surface area contributed by atoms with Gasteiger partial charge < -0.3 is 10.2 Å². The van der Waals surface area contributed by atoms with Gasteiger partial charge in [-0.1, -0.05) is 0 Å². The summed E-state index contributed by atoms with van der Waals surface area (Å²) in [7, 11) is 0. The van der Waals surface area contributed by atoms with E-state index in [0.29, 0.717) is 0 Å². The van der Waals surface area contributed by atoms with E-state index in [1.165, 1.54) is 0 Å². The second kappa shape index (κ2) is 6.15. The molecule has 8 heteroatoms. The van der Waals surface area contributed by atoms with Gasteiger partial charge in [0.15, 0.2) is 0 Å². The van der Waals surface area contributed by atoms with Crippen molar-refractivity contribution in [1.82, 2.24) is 0 Å². The molecule has 2 N–H and O–H groups in total. The van der Waals surface area contributed by atoms with Crippen LogP contribution in [0, 0.1) is 0 Å². The van der Waals surface area contributed by atoms with Gasteiger partial charge in [0, 0.05) is 0 Å². The van der Waals surface area contributed by atoms with Crippen molar-refractivity contribution in [3.8, 4) is 0 Å². The van der Waals surface area contributed by atoms with E-state index < -0.39 is 29.1 Å². The molecule has 7 nitrogen and oxygen atoms in total. The van der Waals surface area contributed by atoms with Crippen LogP contribution in [0.15, 0.2) is 0 Å². The van der Waals surface area contributed by atoms with Crippen molar-refractivity contribution < 1.29 is 47.2 Å². The van der Waals surface area contributed by atoms with Crippen LogP contribution in [0.2, 0.25) is 0 Å². The van der Waals surface area contributed by atoms with Crippen molar-refractivity contribution in [2.24, 2.45) is 0 Å². The van der Waals surface area contributed by atoms with Crippen LogP contribution in [0.1, 0.15) is 0 Å². The maximum atomic E-state index is 9.10. The summed E-state index contributed by atoms with van der Waals surface area (Å²) in [5.41, 5.74) is 0. The summed E-state index contributed by atoms with van der Waals surface area (Å²) in [6.45, 7) is 0. The number of aliphatic carboxylic acids is 2. The molecular weight excluding hydrogens is 320 g/mol. The molecule has 58 valence electrons. The van der Waals surface area contributed by atoms with Gasteiger partial charge in [0.05, 0.1) is 0 Å². The Balaban J connectivity index is 0. The summed E-state index contributed by atoms with van der Waals surface area (Å²) >= 11 is -4.28. The summed E-state index contributed by atoms with van der Waals surface area (Å²) in [5, 5.41) is 14.8. The third-order valence-corrected chi connectivity index (χ3v) is 0.183. The third kappa shape index (κ3) is 27.9. The minimum atomic E-state index is -4.28. The fraction of sp³-hybridized carbons (Fsp3) is 0. The molecule has 0 amide bonds.